The smallest absolute Gasteiger partial charge is 0.429 e. The molecule has 0 saturated carbocycles. The molecule has 0 aliphatic rings. The highest BCUT2D eigenvalue weighted by Gasteiger charge is 2.41. The van der Waals surface area contributed by atoms with Gasteiger partial charge in [0.25, 0.3) is 0 Å². The number of alkyl halides is 2. The van der Waals surface area contributed by atoms with Gasteiger partial charge in [0, 0.05) is 16.5 Å². The molecule has 1 nitrogen and oxygen atoms in total. The minimum atomic E-state index is -4.63. The van der Waals surface area contributed by atoms with Gasteiger partial charge in [0.1, 0.15) is 34.6 Å². The second kappa shape index (κ2) is 11.1. The molecule has 0 unspecified atom stereocenters. The lowest BCUT2D eigenvalue weighted by molar-refractivity contribution is -0.189. The Balaban J connectivity index is 1.43. The minimum Gasteiger partial charge on any atom is -0.429 e. The van der Waals surface area contributed by atoms with Crippen molar-refractivity contribution in [2.45, 2.75) is 20.0 Å². The first-order valence-corrected chi connectivity index (χ1v) is 12.5. The van der Waals surface area contributed by atoms with E-state index in [1.54, 1.807) is 19.9 Å². The molecule has 0 aliphatic heterocycles. The molecule has 0 bridgehead atoms. The predicted molar refractivity (Wildman–Crippen MR) is 142 cm³/mol. The Morgan fingerprint density at radius 3 is 1.98 bits per heavy atom. The van der Waals surface area contributed by atoms with E-state index in [4.69, 9.17) is 0 Å². The van der Waals surface area contributed by atoms with E-state index in [0.29, 0.717) is 29.3 Å². The van der Waals surface area contributed by atoms with Crippen LogP contribution in [-0.2, 0) is 6.11 Å². The molecule has 5 rings (SSSR count). The molecule has 0 fully saturated rings. The van der Waals surface area contributed by atoms with Gasteiger partial charge in [-0.1, -0.05) is 24.0 Å². The summed E-state index contributed by atoms with van der Waals surface area (Å²) in [5.74, 6) is -5.44. The number of rotatable bonds is 4. The Labute approximate surface area is 239 Å². The number of halogens is 9. The predicted octanol–water partition coefficient (Wildman–Crippen LogP) is 9.63. The van der Waals surface area contributed by atoms with E-state index in [2.05, 4.69) is 16.6 Å². The summed E-state index contributed by atoms with van der Waals surface area (Å²) in [6, 6.07) is 10.3. The van der Waals surface area contributed by atoms with Crippen molar-refractivity contribution >= 4 is 10.8 Å². The molecule has 0 heterocycles. The standard InChI is InChI=1S/C33H17F9O/c1-16-9-17(2)22(25(34)10-16)6-3-18-4-7-23(26(35)11-18)20-13-27(36)30(28(37)14-20)33(41,42)43-21-5-8-24-19(12-21)15-29(38)32(40)31(24)39/h4-5,7-15H,1-2H3. The maximum atomic E-state index is 14.9. The minimum absolute atomic E-state index is 0.120. The van der Waals surface area contributed by atoms with Crippen molar-refractivity contribution in [3.63, 3.8) is 0 Å². The zero-order chi connectivity index (χ0) is 31.2. The fourth-order valence-electron chi connectivity index (χ4n) is 4.59. The number of benzene rings is 5. The first-order valence-electron chi connectivity index (χ1n) is 12.5. The average Bonchev–Trinajstić information content (AvgIpc) is 2.90. The molecule has 0 aliphatic carbocycles. The summed E-state index contributed by atoms with van der Waals surface area (Å²) in [7, 11) is 0. The monoisotopic (exact) mass is 600 g/mol. The van der Waals surface area contributed by atoms with E-state index >= 15 is 0 Å². The Morgan fingerprint density at radius 2 is 1.33 bits per heavy atom. The molecule has 0 N–H and O–H groups in total. The number of fused-ring (bicyclic) bond motifs is 1. The van der Waals surface area contributed by atoms with Crippen LogP contribution in [0.25, 0.3) is 21.9 Å². The van der Waals surface area contributed by atoms with Crippen LogP contribution in [0.15, 0.2) is 66.7 Å². The Kier molecular flexibility index (Phi) is 7.61. The quantitative estimate of drug-likeness (QED) is 0.113. The van der Waals surface area contributed by atoms with Crippen LogP contribution in [0.3, 0.4) is 0 Å². The number of aryl methyl sites for hydroxylation is 2. The molecule has 0 spiro atoms. The second-order valence-corrected chi connectivity index (χ2v) is 9.69. The van der Waals surface area contributed by atoms with Gasteiger partial charge in [-0.15, -0.1) is 0 Å². The summed E-state index contributed by atoms with van der Waals surface area (Å²) in [6.45, 7) is 3.38. The van der Waals surface area contributed by atoms with E-state index in [1.165, 1.54) is 12.1 Å². The molecule has 5 aromatic carbocycles. The molecule has 0 saturated heterocycles. The lowest BCUT2D eigenvalue weighted by atomic mass is 10.00. The third kappa shape index (κ3) is 5.75. The lowest BCUT2D eigenvalue weighted by Crippen LogP contribution is -2.25. The molecule has 43 heavy (non-hydrogen) atoms. The molecule has 0 aromatic heterocycles. The first-order chi connectivity index (χ1) is 20.2. The van der Waals surface area contributed by atoms with Crippen molar-refractivity contribution in [1.82, 2.24) is 0 Å². The van der Waals surface area contributed by atoms with Gasteiger partial charge in [-0.25, -0.2) is 30.7 Å². The largest absolute Gasteiger partial charge is 0.432 e. The van der Waals surface area contributed by atoms with Gasteiger partial charge < -0.3 is 4.74 Å². The summed E-state index contributed by atoms with van der Waals surface area (Å²) in [5, 5.41) is -0.781. The zero-order valence-electron chi connectivity index (χ0n) is 22.2. The van der Waals surface area contributed by atoms with Gasteiger partial charge in [0.05, 0.1) is 5.56 Å². The fraction of sp³-hybridized carbons (Fsp3) is 0.0909. The highest BCUT2D eigenvalue weighted by molar-refractivity contribution is 5.84. The summed E-state index contributed by atoms with van der Waals surface area (Å²) < 4.78 is 134. The van der Waals surface area contributed by atoms with Crippen LogP contribution in [0.5, 0.6) is 5.75 Å². The summed E-state index contributed by atoms with van der Waals surface area (Å²) >= 11 is 0. The topological polar surface area (TPSA) is 9.23 Å². The van der Waals surface area contributed by atoms with Crippen molar-refractivity contribution in [1.29, 1.82) is 0 Å². The molecule has 0 amide bonds. The van der Waals surface area contributed by atoms with Gasteiger partial charge in [0.2, 0.25) is 0 Å². The van der Waals surface area contributed by atoms with Crippen LogP contribution in [0, 0.1) is 66.4 Å². The van der Waals surface area contributed by atoms with E-state index < -0.39 is 69.1 Å². The van der Waals surface area contributed by atoms with Crippen molar-refractivity contribution in [3.8, 4) is 28.7 Å². The van der Waals surface area contributed by atoms with E-state index in [1.807, 2.05) is 0 Å². The van der Waals surface area contributed by atoms with Crippen molar-refractivity contribution in [2.24, 2.45) is 0 Å². The molecule has 218 valence electrons. The lowest BCUT2D eigenvalue weighted by Gasteiger charge is -2.20. The fourth-order valence-corrected chi connectivity index (χ4v) is 4.59. The second-order valence-electron chi connectivity index (χ2n) is 9.69. The van der Waals surface area contributed by atoms with Gasteiger partial charge in [-0.05, 0) is 90.5 Å². The van der Waals surface area contributed by atoms with Crippen LogP contribution >= 0.6 is 0 Å². The summed E-state index contributed by atoms with van der Waals surface area (Å²) in [6.07, 6.45) is -4.63. The van der Waals surface area contributed by atoms with Gasteiger partial charge in [-0.3, -0.25) is 0 Å². The van der Waals surface area contributed by atoms with E-state index in [9.17, 15) is 39.5 Å². The number of ether oxygens (including phenoxy) is 1. The van der Waals surface area contributed by atoms with Crippen LogP contribution in [0.1, 0.15) is 27.8 Å². The molecule has 5 aromatic rings. The molecule has 0 radical (unpaired) electrons. The average molecular weight is 600 g/mol. The van der Waals surface area contributed by atoms with Gasteiger partial charge in [-0.2, -0.15) is 8.78 Å². The normalized spacial score (nSPS) is 11.4. The maximum Gasteiger partial charge on any atom is 0.432 e. The molecule has 0 atom stereocenters. The third-order valence-corrected chi connectivity index (χ3v) is 6.57. The summed E-state index contributed by atoms with van der Waals surface area (Å²) in [4.78, 5) is 0. The van der Waals surface area contributed by atoms with E-state index in [0.717, 1.165) is 30.3 Å². The Hall–Kier alpha value is -4.91. The van der Waals surface area contributed by atoms with Crippen LogP contribution in [0.4, 0.5) is 39.5 Å². The first kappa shape index (κ1) is 29.6. The highest BCUT2D eigenvalue weighted by atomic mass is 19.3. The SMILES string of the molecule is Cc1cc(C)c(C#Cc2ccc(-c3cc(F)c(C(F)(F)Oc4ccc5c(F)c(F)c(F)cc5c4)c(F)c3)c(F)c2)c(F)c1. The molecule has 10 heteroatoms. The Morgan fingerprint density at radius 1 is 0.628 bits per heavy atom. The van der Waals surface area contributed by atoms with Crippen molar-refractivity contribution in [2.75, 3.05) is 0 Å². The maximum absolute atomic E-state index is 14.9. The van der Waals surface area contributed by atoms with Crippen molar-refractivity contribution < 1.29 is 44.3 Å². The van der Waals surface area contributed by atoms with E-state index in [-0.39, 0.29) is 22.1 Å². The van der Waals surface area contributed by atoms with Crippen LogP contribution < -0.4 is 4.74 Å². The van der Waals surface area contributed by atoms with Crippen molar-refractivity contribution in [3.05, 3.63) is 135 Å². The molecular weight excluding hydrogens is 583 g/mol. The summed E-state index contributed by atoms with van der Waals surface area (Å²) in [5.41, 5.74) is -1.02. The number of hydrogen-bond acceptors (Lipinski definition) is 1. The Bertz CT molecular complexity index is 1940. The van der Waals surface area contributed by atoms with Gasteiger partial charge >= 0.3 is 6.11 Å². The number of hydrogen-bond donors (Lipinski definition) is 0. The third-order valence-electron chi connectivity index (χ3n) is 6.57. The van der Waals surface area contributed by atoms with Crippen LogP contribution in [-0.4, -0.2) is 0 Å². The van der Waals surface area contributed by atoms with Crippen LogP contribution in [0.2, 0.25) is 0 Å². The zero-order valence-corrected chi connectivity index (χ0v) is 22.2. The molecular formula is C33H17F9O. The van der Waals surface area contributed by atoms with Gasteiger partial charge in [0.15, 0.2) is 17.5 Å². The highest BCUT2D eigenvalue weighted by Crippen LogP contribution is 2.38.